The van der Waals surface area contributed by atoms with Crippen LogP contribution in [0.5, 0.6) is 0 Å². The summed E-state index contributed by atoms with van der Waals surface area (Å²) in [4.78, 5) is 23.2. The normalized spacial score (nSPS) is 23.8. The lowest BCUT2D eigenvalue weighted by molar-refractivity contribution is -0.149. The molecule has 2 rings (SSSR count). The Kier molecular flexibility index (Phi) is 4.90. The van der Waals surface area contributed by atoms with Crippen LogP contribution in [-0.2, 0) is 20.9 Å². The number of carbonyl (C=O) groups excluding carboxylic acids is 1. The van der Waals surface area contributed by atoms with Gasteiger partial charge in [-0.2, -0.15) is 0 Å². The van der Waals surface area contributed by atoms with Crippen LogP contribution in [0.25, 0.3) is 0 Å². The Morgan fingerprint density at radius 3 is 2.65 bits per heavy atom. The van der Waals surface area contributed by atoms with Crippen molar-refractivity contribution in [3.05, 3.63) is 35.9 Å². The summed E-state index contributed by atoms with van der Waals surface area (Å²) < 4.78 is 5.51. The largest absolute Gasteiger partial charge is 0.481 e. The standard InChI is InChI=1S/C16H20O4/c1-11-7-13(15(17)8-11)14(16(18)19)10-20-9-12-5-3-2-4-6-12/h2-6,11,13-14H,7-10H2,1H3,(H,18,19)/t11-,13?,14-/m1/s1. The highest BCUT2D eigenvalue weighted by molar-refractivity contribution is 5.88. The van der Waals surface area contributed by atoms with Gasteiger partial charge in [0.1, 0.15) is 5.78 Å². The molecule has 1 saturated carbocycles. The van der Waals surface area contributed by atoms with Crippen molar-refractivity contribution >= 4 is 11.8 Å². The molecule has 3 atom stereocenters. The number of carboxylic acid groups (broad SMARTS) is 1. The topological polar surface area (TPSA) is 63.6 Å². The molecule has 4 nitrogen and oxygen atoms in total. The number of hydrogen-bond donors (Lipinski definition) is 1. The van der Waals surface area contributed by atoms with Gasteiger partial charge in [0.05, 0.1) is 19.1 Å². The molecular formula is C16H20O4. The number of rotatable bonds is 6. The van der Waals surface area contributed by atoms with Gasteiger partial charge in [-0.15, -0.1) is 0 Å². The van der Waals surface area contributed by atoms with Crippen LogP contribution in [0.2, 0.25) is 0 Å². The van der Waals surface area contributed by atoms with Crippen LogP contribution in [0, 0.1) is 17.8 Å². The predicted octanol–water partition coefficient (Wildman–Crippen LogP) is 2.52. The Labute approximate surface area is 118 Å². The molecule has 0 heterocycles. The van der Waals surface area contributed by atoms with Gasteiger partial charge in [0.15, 0.2) is 0 Å². The van der Waals surface area contributed by atoms with E-state index in [1.165, 1.54) is 0 Å². The smallest absolute Gasteiger partial charge is 0.309 e. The molecule has 4 heteroatoms. The second kappa shape index (κ2) is 6.66. The summed E-state index contributed by atoms with van der Waals surface area (Å²) in [5.41, 5.74) is 1.00. The fourth-order valence-electron chi connectivity index (χ4n) is 2.77. The third kappa shape index (κ3) is 3.67. The van der Waals surface area contributed by atoms with E-state index in [1.807, 2.05) is 37.3 Å². The molecule has 1 N–H and O–H groups in total. The fourth-order valence-corrected chi connectivity index (χ4v) is 2.77. The van der Waals surface area contributed by atoms with E-state index in [0.717, 1.165) is 5.56 Å². The minimum atomic E-state index is -0.939. The highest BCUT2D eigenvalue weighted by Gasteiger charge is 2.39. The molecule has 0 spiro atoms. The Morgan fingerprint density at radius 2 is 2.10 bits per heavy atom. The Bertz CT molecular complexity index is 469. The summed E-state index contributed by atoms with van der Waals surface area (Å²) in [6, 6.07) is 9.60. The van der Waals surface area contributed by atoms with Gasteiger partial charge in [-0.1, -0.05) is 37.3 Å². The Hall–Kier alpha value is -1.68. The van der Waals surface area contributed by atoms with E-state index in [-0.39, 0.29) is 18.3 Å². The molecule has 0 amide bonds. The molecule has 0 radical (unpaired) electrons. The maximum absolute atomic E-state index is 11.8. The average Bonchev–Trinajstić information content (AvgIpc) is 2.74. The van der Waals surface area contributed by atoms with Gasteiger partial charge in [0, 0.05) is 12.3 Å². The van der Waals surface area contributed by atoms with Gasteiger partial charge >= 0.3 is 5.97 Å². The summed E-state index contributed by atoms with van der Waals surface area (Å²) >= 11 is 0. The van der Waals surface area contributed by atoms with E-state index in [4.69, 9.17) is 4.74 Å². The molecule has 1 aliphatic carbocycles. The zero-order valence-corrected chi connectivity index (χ0v) is 11.6. The van der Waals surface area contributed by atoms with Crippen molar-refractivity contribution in [2.75, 3.05) is 6.61 Å². The van der Waals surface area contributed by atoms with Crippen LogP contribution in [0.3, 0.4) is 0 Å². The first-order valence-electron chi connectivity index (χ1n) is 6.95. The van der Waals surface area contributed by atoms with E-state index < -0.39 is 17.8 Å². The first-order chi connectivity index (χ1) is 9.58. The molecule has 108 valence electrons. The Balaban J connectivity index is 1.90. The summed E-state index contributed by atoms with van der Waals surface area (Å²) in [7, 11) is 0. The van der Waals surface area contributed by atoms with Crippen molar-refractivity contribution < 1.29 is 19.4 Å². The molecule has 0 saturated heterocycles. The molecule has 1 aromatic rings. The molecule has 0 aromatic heterocycles. The van der Waals surface area contributed by atoms with Crippen LogP contribution in [0.4, 0.5) is 0 Å². The van der Waals surface area contributed by atoms with E-state index in [2.05, 4.69) is 0 Å². The van der Waals surface area contributed by atoms with Crippen molar-refractivity contribution in [3.63, 3.8) is 0 Å². The lowest BCUT2D eigenvalue weighted by atomic mass is 9.90. The van der Waals surface area contributed by atoms with E-state index in [9.17, 15) is 14.7 Å². The highest BCUT2D eigenvalue weighted by atomic mass is 16.5. The summed E-state index contributed by atoms with van der Waals surface area (Å²) in [5.74, 6) is -1.71. The van der Waals surface area contributed by atoms with Crippen molar-refractivity contribution in [2.24, 2.45) is 17.8 Å². The van der Waals surface area contributed by atoms with Gasteiger partial charge in [0.25, 0.3) is 0 Å². The lowest BCUT2D eigenvalue weighted by Crippen LogP contribution is -2.30. The first-order valence-corrected chi connectivity index (χ1v) is 6.95. The zero-order valence-electron chi connectivity index (χ0n) is 11.6. The summed E-state index contributed by atoms with van der Waals surface area (Å²) in [6.45, 7) is 2.45. The maximum Gasteiger partial charge on any atom is 0.309 e. The Morgan fingerprint density at radius 1 is 1.40 bits per heavy atom. The van der Waals surface area contributed by atoms with Gasteiger partial charge in [-0.25, -0.2) is 0 Å². The van der Waals surface area contributed by atoms with Crippen LogP contribution in [-0.4, -0.2) is 23.5 Å². The van der Waals surface area contributed by atoms with Crippen LogP contribution >= 0.6 is 0 Å². The maximum atomic E-state index is 11.8. The monoisotopic (exact) mass is 276 g/mol. The van der Waals surface area contributed by atoms with Crippen LogP contribution < -0.4 is 0 Å². The van der Waals surface area contributed by atoms with Crippen LogP contribution in [0.1, 0.15) is 25.3 Å². The van der Waals surface area contributed by atoms with Crippen molar-refractivity contribution in [2.45, 2.75) is 26.4 Å². The molecule has 20 heavy (non-hydrogen) atoms. The van der Waals surface area contributed by atoms with E-state index >= 15 is 0 Å². The quantitative estimate of drug-likeness (QED) is 0.867. The third-order valence-electron chi connectivity index (χ3n) is 3.83. The van der Waals surface area contributed by atoms with Gasteiger partial charge < -0.3 is 9.84 Å². The lowest BCUT2D eigenvalue weighted by Gasteiger charge is -2.18. The zero-order chi connectivity index (χ0) is 14.5. The molecule has 1 aromatic carbocycles. The second-order valence-electron chi connectivity index (χ2n) is 5.56. The molecule has 0 aliphatic heterocycles. The number of benzene rings is 1. The van der Waals surface area contributed by atoms with Gasteiger partial charge in [0.2, 0.25) is 0 Å². The number of hydrogen-bond acceptors (Lipinski definition) is 3. The number of carboxylic acids is 1. The van der Waals surface area contributed by atoms with Gasteiger partial charge in [-0.3, -0.25) is 9.59 Å². The number of aliphatic carboxylic acids is 1. The number of ether oxygens (including phenoxy) is 1. The molecule has 1 aliphatic rings. The SMILES string of the molecule is C[C@H]1CC(=O)C([C@@H](COCc2ccccc2)C(=O)O)C1. The minimum absolute atomic E-state index is 0.0632. The van der Waals surface area contributed by atoms with Crippen molar-refractivity contribution in [1.82, 2.24) is 0 Å². The first kappa shape index (κ1) is 14.7. The predicted molar refractivity (Wildman–Crippen MR) is 74.1 cm³/mol. The molecule has 0 bridgehead atoms. The van der Waals surface area contributed by atoms with Crippen molar-refractivity contribution in [1.29, 1.82) is 0 Å². The number of carbonyl (C=O) groups is 2. The average molecular weight is 276 g/mol. The molecule has 1 fully saturated rings. The van der Waals surface area contributed by atoms with E-state index in [0.29, 0.717) is 19.4 Å². The van der Waals surface area contributed by atoms with E-state index in [1.54, 1.807) is 0 Å². The van der Waals surface area contributed by atoms with Crippen LogP contribution in [0.15, 0.2) is 30.3 Å². The van der Waals surface area contributed by atoms with Crippen molar-refractivity contribution in [3.8, 4) is 0 Å². The third-order valence-corrected chi connectivity index (χ3v) is 3.83. The number of Topliss-reactive ketones (excluding diaryl/α,β-unsaturated/α-hetero) is 1. The summed E-state index contributed by atoms with van der Waals surface area (Å²) in [5, 5.41) is 9.30. The highest BCUT2D eigenvalue weighted by Crippen LogP contribution is 2.33. The second-order valence-corrected chi connectivity index (χ2v) is 5.56. The minimum Gasteiger partial charge on any atom is -0.481 e. The summed E-state index contributed by atoms with van der Waals surface area (Å²) in [6.07, 6.45) is 1.15. The number of ketones is 1. The fraction of sp³-hybridized carbons (Fsp3) is 0.500. The van der Waals surface area contributed by atoms with Gasteiger partial charge in [-0.05, 0) is 17.9 Å². The molecule has 1 unspecified atom stereocenters. The molecular weight excluding hydrogens is 256 g/mol.